The zero-order valence-corrected chi connectivity index (χ0v) is 34.1. The average molecular weight is 835 g/mol. The molecule has 1 amide bonds. The van der Waals surface area contributed by atoms with Gasteiger partial charge in [0.25, 0.3) is 11.6 Å². The number of nitro benzene ring substituents is 1. The first-order valence-electron chi connectivity index (χ1n) is 20.7. The fourth-order valence-corrected chi connectivity index (χ4v) is 9.36. The predicted molar refractivity (Wildman–Crippen MR) is 227 cm³/mol. The molecule has 2 aromatic heterocycles. The molecule has 5 fully saturated rings. The Morgan fingerprint density at radius 2 is 1.73 bits per heavy atom. The molecule has 3 aliphatic carbocycles. The van der Waals surface area contributed by atoms with Gasteiger partial charge in [0.05, 0.1) is 34.3 Å². The smallest absolute Gasteiger partial charge is 0.293 e. The number of amides is 1. The number of nitro groups is 1. The van der Waals surface area contributed by atoms with E-state index in [1.807, 2.05) is 12.1 Å². The van der Waals surface area contributed by atoms with Gasteiger partial charge in [-0.25, -0.2) is 9.37 Å². The first-order chi connectivity index (χ1) is 29.2. The molecular weight excluding hydrogens is 788 g/mol. The van der Waals surface area contributed by atoms with E-state index in [2.05, 4.69) is 52.9 Å². The van der Waals surface area contributed by atoms with Gasteiger partial charge in [0.1, 0.15) is 28.7 Å². The molecule has 0 unspecified atom stereocenters. The van der Waals surface area contributed by atoms with Crippen LogP contribution in [-0.4, -0.2) is 95.2 Å². The van der Waals surface area contributed by atoms with E-state index >= 15 is 0 Å². The number of halogens is 1. The number of ether oxygens (including phenoxy) is 3. The number of aromatic nitrogens is 2. The van der Waals surface area contributed by atoms with Gasteiger partial charge in [-0.3, -0.25) is 29.4 Å². The second-order valence-electron chi connectivity index (χ2n) is 16.9. The standard InChI is InChI=1S/C44H47FN8O6S/c1-46-37-10-8-33(19-38(37)53(55)56)60-49-43(54)34-9-3-28(17-40(34)59-32-18-35-36(45)23-48-42(35)47-22-32)52-25-44(26-52)20-29(21-44)51-14-12-50(13-15-51)24-27-2-11-39(57-30-4-5-30)41(16-27)58-31-6-7-31/h2-3,8-11,16-19,22-23,29-31,46H,4-7,12-15,20-21,24-26H2,1H3,(H,47,48)(H,49,54). The van der Waals surface area contributed by atoms with Gasteiger partial charge in [-0.1, -0.05) is 6.07 Å². The van der Waals surface area contributed by atoms with Crippen LogP contribution in [0.2, 0.25) is 0 Å². The molecule has 10 rings (SSSR count). The number of H-pyrrole nitrogens is 1. The van der Waals surface area contributed by atoms with E-state index in [-0.39, 0.29) is 27.8 Å². The summed E-state index contributed by atoms with van der Waals surface area (Å²) in [5.41, 5.74) is 3.39. The third-order valence-electron chi connectivity index (χ3n) is 12.3. The molecule has 0 atom stereocenters. The second-order valence-corrected chi connectivity index (χ2v) is 17.7. The van der Waals surface area contributed by atoms with Crippen LogP contribution >= 0.6 is 11.9 Å². The molecule has 60 heavy (non-hydrogen) atoms. The Bertz CT molecular complexity index is 2440. The molecule has 2 aliphatic heterocycles. The number of nitrogens with one attached hydrogen (secondary N) is 3. The number of fused-ring (bicyclic) bond motifs is 1. The number of hydrogen-bond acceptors (Lipinski definition) is 12. The number of rotatable bonds is 15. The molecular formula is C44H47FN8O6S. The summed E-state index contributed by atoms with van der Waals surface area (Å²) in [6.45, 7) is 6.95. The van der Waals surface area contributed by atoms with E-state index in [9.17, 15) is 19.3 Å². The Morgan fingerprint density at radius 3 is 2.47 bits per heavy atom. The Hall–Kier alpha value is -5.58. The Kier molecular flexibility index (Phi) is 10.2. The van der Waals surface area contributed by atoms with Crippen LogP contribution in [0.1, 0.15) is 54.4 Å². The van der Waals surface area contributed by atoms with E-state index in [1.54, 1.807) is 31.3 Å². The number of pyridine rings is 1. The van der Waals surface area contributed by atoms with Crippen LogP contribution in [0.3, 0.4) is 0 Å². The lowest BCUT2D eigenvalue weighted by molar-refractivity contribution is -0.384. The van der Waals surface area contributed by atoms with Crippen molar-refractivity contribution in [1.29, 1.82) is 0 Å². The SMILES string of the molecule is CNc1ccc(SNC(=O)c2ccc(N3CC4(CC(N5CCN(Cc6ccc(OC7CC7)c(OC7CC7)c6)CC5)C4)C3)cc2Oc2cnc3[nH]cc(F)c3c2)cc1[N+](=O)[O-]. The minimum absolute atomic E-state index is 0.0987. The number of benzene rings is 3. The predicted octanol–water partition coefficient (Wildman–Crippen LogP) is 7.75. The summed E-state index contributed by atoms with van der Waals surface area (Å²) in [6, 6.07) is 18.8. The van der Waals surface area contributed by atoms with E-state index in [4.69, 9.17) is 14.2 Å². The fourth-order valence-electron chi connectivity index (χ4n) is 8.73. The third kappa shape index (κ3) is 8.15. The zero-order chi connectivity index (χ0) is 41.0. The largest absolute Gasteiger partial charge is 0.487 e. The fraction of sp³-hybridized carbons (Fsp3) is 0.409. The van der Waals surface area contributed by atoms with Crippen molar-refractivity contribution in [2.45, 2.75) is 68.2 Å². The molecule has 3 aromatic carbocycles. The van der Waals surface area contributed by atoms with Crippen molar-refractivity contribution in [3.63, 3.8) is 0 Å². The normalized spacial score (nSPS) is 19.1. The van der Waals surface area contributed by atoms with Gasteiger partial charge in [-0.2, -0.15) is 0 Å². The maximum Gasteiger partial charge on any atom is 0.293 e. The molecule has 14 nitrogen and oxygen atoms in total. The molecule has 3 saturated carbocycles. The monoisotopic (exact) mass is 834 g/mol. The highest BCUT2D eigenvalue weighted by molar-refractivity contribution is 7.98. The first kappa shape index (κ1) is 38.6. The van der Waals surface area contributed by atoms with Crippen molar-refractivity contribution in [3.8, 4) is 23.0 Å². The number of aromatic amines is 1. The summed E-state index contributed by atoms with van der Waals surface area (Å²) in [7, 11) is 1.61. The molecule has 3 N–H and O–H groups in total. The molecule has 16 heteroatoms. The number of piperazine rings is 1. The lowest BCUT2D eigenvalue weighted by Gasteiger charge is -2.62. The van der Waals surface area contributed by atoms with E-state index in [0.717, 1.165) is 113 Å². The quantitative estimate of drug-likeness (QED) is 0.0538. The lowest BCUT2D eigenvalue weighted by atomic mass is 9.60. The Morgan fingerprint density at radius 1 is 0.967 bits per heavy atom. The summed E-state index contributed by atoms with van der Waals surface area (Å²) in [5.74, 6) is 1.46. The maximum absolute atomic E-state index is 14.5. The second kappa shape index (κ2) is 15.8. The summed E-state index contributed by atoms with van der Waals surface area (Å²) >= 11 is 0.971. The highest BCUT2D eigenvalue weighted by Gasteiger charge is 2.54. The summed E-state index contributed by atoms with van der Waals surface area (Å²) < 4.78 is 35.9. The van der Waals surface area contributed by atoms with Crippen LogP contribution in [0.15, 0.2) is 78.0 Å². The van der Waals surface area contributed by atoms with E-state index in [1.165, 1.54) is 24.0 Å². The lowest BCUT2D eigenvalue weighted by Crippen LogP contribution is -2.68. The minimum atomic E-state index is -0.473. The first-order valence-corrected chi connectivity index (χ1v) is 21.5. The topological polar surface area (TPSA) is 150 Å². The maximum atomic E-state index is 14.5. The Labute approximate surface area is 351 Å². The minimum Gasteiger partial charge on any atom is -0.487 e. The van der Waals surface area contributed by atoms with Gasteiger partial charge in [-0.15, -0.1) is 0 Å². The number of nitrogens with zero attached hydrogens (tertiary/aromatic N) is 5. The number of anilines is 2. The summed E-state index contributed by atoms with van der Waals surface area (Å²) in [5, 5.41) is 14.7. The molecule has 0 radical (unpaired) electrons. The van der Waals surface area contributed by atoms with Crippen molar-refractivity contribution in [2.75, 3.05) is 56.5 Å². The summed E-state index contributed by atoms with van der Waals surface area (Å²) in [6.07, 6.45) is 10.2. The van der Waals surface area contributed by atoms with Gasteiger partial charge in [0.15, 0.2) is 11.5 Å². The molecule has 312 valence electrons. The van der Waals surface area contributed by atoms with Crippen LogP contribution < -0.4 is 29.1 Å². The number of carbonyl (C=O) groups is 1. The van der Waals surface area contributed by atoms with E-state index < -0.39 is 16.6 Å². The number of carbonyl (C=O) groups excluding carboxylic acids is 1. The third-order valence-corrected chi connectivity index (χ3v) is 13.1. The Balaban J connectivity index is 0.763. The van der Waals surface area contributed by atoms with Crippen LogP contribution in [0.5, 0.6) is 23.0 Å². The highest BCUT2D eigenvalue weighted by atomic mass is 32.2. The molecule has 4 heterocycles. The zero-order valence-electron chi connectivity index (χ0n) is 33.3. The molecule has 1 spiro atoms. The molecule has 2 saturated heterocycles. The van der Waals surface area contributed by atoms with Gasteiger partial charge in [-0.05, 0) is 98.5 Å². The van der Waals surface area contributed by atoms with Crippen LogP contribution in [0, 0.1) is 21.3 Å². The molecule has 5 aromatic rings. The van der Waals surface area contributed by atoms with Crippen LogP contribution in [-0.2, 0) is 6.54 Å². The van der Waals surface area contributed by atoms with Crippen LogP contribution in [0.4, 0.5) is 21.5 Å². The van der Waals surface area contributed by atoms with Gasteiger partial charge in [0, 0.05) is 93.2 Å². The van der Waals surface area contributed by atoms with Crippen molar-refractivity contribution in [1.82, 2.24) is 24.5 Å². The van der Waals surface area contributed by atoms with Crippen LogP contribution in [0.25, 0.3) is 11.0 Å². The molecule has 0 bridgehead atoms. The van der Waals surface area contributed by atoms with E-state index in [0.29, 0.717) is 40.2 Å². The van der Waals surface area contributed by atoms with Gasteiger partial charge in [0.2, 0.25) is 0 Å². The van der Waals surface area contributed by atoms with Crippen molar-refractivity contribution < 1.29 is 28.3 Å². The van der Waals surface area contributed by atoms with Crippen molar-refractivity contribution in [3.05, 3.63) is 100 Å². The highest BCUT2D eigenvalue weighted by Crippen LogP contribution is 2.52. The van der Waals surface area contributed by atoms with Crippen molar-refractivity contribution in [2.24, 2.45) is 5.41 Å². The number of hydrogen-bond donors (Lipinski definition) is 3. The average Bonchev–Trinajstić information content (AvgIpc) is 4.17. The summed E-state index contributed by atoms with van der Waals surface area (Å²) in [4.78, 5) is 39.9. The van der Waals surface area contributed by atoms with Gasteiger partial charge < -0.3 is 29.4 Å². The molecule has 5 aliphatic rings. The van der Waals surface area contributed by atoms with Crippen molar-refractivity contribution >= 4 is 46.0 Å². The van der Waals surface area contributed by atoms with Gasteiger partial charge >= 0.3 is 0 Å².